The second kappa shape index (κ2) is 26.2. The van der Waals surface area contributed by atoms with Gasteiger partial charge in [-0.1, -0.05) is 34.6 Å². The molecule has 18 heteroatoms. The number of aliphatic hydroxyl groups is 5. The number of cyclic esters (lactones) is 1. The van der Waals surface area contributed by atoms with E-state index >= 15 is 0 Å². The van der Waals surface area contributed by atoms with Crippen LogP contribution in [0.5, 0.6) is 0 Å². The number of rotatable bonds is 17. The van der Waals surface area contributed by atoms with Crippen LogP contribution in [0.15, 0.2) is 0 Å². The highest BCUT2D eigenvalue weighted by Crippen LogP contribution is 2.40. The number of nitrogens with zero attached hydrogens (tertiary/aromatic N) is 3. The Morgan fingerprint density at radius 1 is 0.909 bits per heavy atom. The molecule has 0 radical (unpaired) electrons. The van der Waals surface area contributed by atoms with Crippen molar-refractivity contribution in [3.8, 4) is 0 Å². The molecule has 0 unspecified atom stereocenters. The maximum atomic E-state index is 14.5. The highest BCUT2D eigenvalue weighted by atomic mass is 32.1. The molecule has 0 aromatic heterocycles. The van der Waals surface area contributed by atoms with Crippen LogP contribution in [0.4, 0.5) is 0 Å². The number of aliphatic hydroxyl groups excluding tert-OH is 3. The average molecular weight is 964 g/mol. The summed E-state index contributed by atoms with van der Waals surface area (Å²) in [5, 5.41) is 67.1. The molecule has 7 N–H and O–H groups in total. The molecule has 3 aliphatic rings. The van der Waals surface area contributed by atoms with E-state index in [1.807, 2.05) is 46.7 Å². The van der Waals surface area contributed by atoms with Gasteiger partial charge in [-0.15, -0.1) is 0 Å². The number of methoxy groups -OCH3 is 1. The molecule has 0 aromatic rings. The van der Waals surface area contributed by atoms with Crippen LogP contribution in [0.1, 0.15) is 122 Å². The molecule has 3 fully saturated rings. The lowest BCUT2D eigenvalue weighted by Crippen LogP contribution is -2.60. The largest absolute Gasteiger partial charge is 0.459 e. The number of nitrogens with one attached hydrogen (secondary N) is 2. The Morgan fingerprint density at radius 3 is 2.11 bits per heavy atom. The van der Waals surface area contributed by atoms with Gasteiger partial charge in [0, 0.05) is 57.7 Å². The molecule has 0 bridgehead atoms. The van der Waals surface area contributed by atoms with Gasteiger partial charge in [0.1, 0.15) is 30.0 Å². The fraction of sp³-hybridized carbons (Fsp3) is 0.958. The normalized spacial score (nSPS) is 41.5. The first kappa shape index (κ1) is 59.0. The highest BCUT2D eigenvalue weighted by Gasteiger charge is 2.53. The van der Waals surface area contributed by atoms with Gasteiger partial charge >= 0.3 is 5.97 Å². The second-order valence-corrected chi connectivity index (χ2v) is 21.0. The zero-order valence-electron chi connectivity index (χ0n) is 43.2. The first-order chi connectivity index (χ1) is 30.8. The van der Waals surface area contributed by atoms with Crippen molar-refractivity contribution in [1.29, 1.82) is 0 Å². The minimum atomic E-state index is -1.87. The average Bonchev–Trinajstić information content (AvgIpc) is 3.25. The molecular formula is C48H93N5O12S. The zero-order valence-corrected chi connectivity index (χ0v) is 44.0. The lowest BCUT2D eigenvalue weighted by atomic mass is 9.77. The quantitative estimate of drug-likeness (QED) is 0.0636. The third kappa shape index (κ3) is 15.6. The van der Waals surface area contributed by atoms with Crippen LogP contribution in [0.25, 0.3) is 0 Å². The van der Waals surface area contributed by atoms with Crippen molar-refractivity contribution >= 4 is 23.3 Å². The standard InChI is InChI=1S/C48H93N5O12S/c1-16-36-48(12,59)40(55)33(8)53(24-20-22-50-45(66)49-21-19-23-52(17-2)18-3)28-29(4)26-46(10,58)42(65-44-38(54)35(51(13)14)25-30(5)61-44)31(6)39(32(7)43(57)63-36)64-37-27-47(11,60-15)41(56)34(9)62-37/h29-42,44,54-56,58-59H,16-28H2,1-15H3,(H2,49,50,66)/t29-,30-,31+,32-,33-,34+,35+,36-,37+,38-,39+,40-,41+,42-,44+,46-,47-,48-/m1/s1. The Kier molecular flexibility index (Phi) is 23.4. The van der Waals surface area contributed by atoms with E-state index in [-0.39, 0.29) is 37.3 Å². The van der Waals surface area contributed by atoms with E-state index in [1.165, 1.54) is 14.0 Å². The minimum absolute atomic E-state index is 0.117. The molecule has 0 saturated carbocycles. The number of carbonyl (C=O) groups excluding carboxylic acids is 1. The molecule has 0 aromatic carbocycles. The van der Waals surface area contributed by atoms with Crippen molar-refractivity contribution in [3.63, 3.8) is 0 Å². The first-order valence-corrected chi connectivity index (χ1v) is 25.2. The summed E-state index contributed by atoms with van der Waals surface area (Å²) in [4.78, 5) is 20.9. The van der Waals surface area contributed by atoms with Gasteiger partial charge < -0.3 is 74.4 Å². The van der Waals surface area contributed by atoms with Gasteiger partial charge in [-0.25, -0.2) is 0 Å². The van der Waals surface area contributed by atoms with E-state index in [1.54, 1.807) is 34.6 Å². The summed E-state index contributed by atoms with van der Waals surface area (Å²) in [5.41, 5.74) is -4.53. The molecule has 18 atom stereocenters. The Bertz CT molecular complexity index is 1460. The van der Waals surface area contributed by atoms with Gasteiger partial charge in [-0.3, -0.25) is 9.69 Å². The second-order valence-electron chi connectivity index (χ2n) is 20.6. The number of thiocarbonyl (C=S) groups is 1. The third-order valence-corrected chi connectivity index (χ3v) is 15.1. The minimum Gasteiger partial charge on any atom is -0.459 e. The number of hydrogen-bond acceptors (Lipinski definition) is 16. The smallest absolute Gasteiger partial charge is 0.311 e. The molecule has 0 amide bonds. The van der Waals surface area contributed by atoms with Gasteiger partial charge in [0.15, 0.2) is 17.7 Å². The van der Waals surface area contributed by atoms with Crippen LogP contribution in [-0.2, 0) is 33.2 Å². The van der Waals surface area contributed by atoms with Crippen molar-refractivity contribution in [3.05, 3.63) is 0 Å². The number of hydrogen-bond donors (Lipinski definition) is 7. The molecule has 3 rings (SSSR count). The third-order valence-electron chi connectivity index (χ3n) is 14.8. The predicted octanol–water partition coefficient (Wildman–Crippen LogP) is 2.86. The number of likely N-dealkylation sites (N-methyl/N-ethyl adjacent to an activating group) is 1. The lowest BCUT2D eigenvalue weighted by molar-refractivity contribution is -0.318. The summed E-state index contributed by atoms with van der Waals surface area (Å²) in [6.45, 7) is 27.3. The fourth-order valence-electron chi connectivity index (χ4n) is 10.5. The van der Waals surface area contributed by atoms with Gasteiger partial charge in [0.2, 0.25) is 0 Å². The summed E-state index contributed by atoms with van der Waals surface area (Å²) < 4.78 is 38.1. The summed E-state index contributed by atoms with van der Waals surface area (Å²) in [6.07, 6.45) is -7.01. The van der Waals surface area contributed by atoms with Crippen molar-refractivity contribution in [2.45, 2.75) is 212 Å². The topological polar surface area (TPSA) is 207 Å². The Labute approximate surface area is 402 Å². The molecular weight excluding hydrogens is 871 g/mol. The van der Waals surface area contributed by atoms with Crippen molar-refractivity contribution in [2.75, 3.05) is 67.0 Å². The van der Waals surface area contributed by atoms with Crippen LogP contribution in [0, 0.1) is 17.8 Å². The van der Waals surface area contributed by atoms with Crippen LogP contribution >= 0.6 is 12.2 Å². The highest BCUT2D eigenvalue weighted by molar-refractivity contribution is 7.80. The van der Waals surface area contributed by atoms with Crippen molar-refractivity contribution < 1.29 is 58.7 Å². The van der Waals surface area contributed by atoms with Gasteiger partial charge in [0.05, 0.1) is 41.5 Å². The van der Waals surface area contributed by atoms with Gasteiger partial charge in [-0.2, -0.15) is 0 Å². The molecule has 3 saturated heterocycles. The number of carbonyl (C=O) groups is 1. The molecule has 0 spiro atoms. The molecule has 3 heterocycles. The summed E-state index contributed by atoms with van der Waals surface area (Å²) in [7, 11) is 5.29. The van der Waals surface area contributed by atoms with E-state index in [0.29, 0.717) is 37.6 Å². The summed E-state index contributed by atoms with van der Waals surface area (Å²) >= 11 is 5.58. The molecule has 66 heavy (non-hydrogen) atoms. The van der Waals surface area contributed by atoms with Crippen LogP contribution in [0.2, 0.25) is 0 Å². The van der Waals surface area contributed by atoms with Crippen molar-refractivity contribution in [2.24, 2.45) is 17.8 Å². The monoisotopic (exact) mass is 964 g/mol. The van der Waals surface area contributed by atoms with Crippen LogP contribution in [0.3, 0.4) is 0 Å². The maximum Gasteiger partial charge on any atom is 0.311 e. The fourth-order valence-corrected chi connectivity index (χ4v) is 10.7. The van der Waals surface area contributed by atoms with E-state index in [0.717, 1.165) is 32.6 Å². The lowest BCUT2D eigenvalue weighted by Gasteiger charge is -2.48. The molecule has 3 aliphatic heterocycles. The maximum absolute atomic E-state index is 14.5. The van der Waals surface area contributed by atoms with Crippen LogP contribution in [-0.4, -0.2) is 209 Å². The predicted molar refractivity (Wildman–Crippen MR) is 259 cm³/mol. The Balaban J connectivity index is 2.05. The van der Waals surface area contributed by atoms with E-state index in [4.69, 9.17) is 40.6 Å². The summed E-state index contributed by atoms with van der Waals surface area (Å²) in [6, 6.07) is -0.908. The zero-order chi connectivity index (χ0) is 49.9. The Morgan fingerprint density at radius 2 is 1.53 bits per heavy atom. The van der Waals surface area contributed by atoms with E-state index < -0.39 is 96.0 Å². The van der Waals surface area contributed by atoms with Gasteiger partial charge in [-0.05, 0) is 132 Å². The number of ether oxygens (including phenoxy) is 6. The summed E-state index contributed by atoms with van der Waals surface area (Å²) in [5.74, 6) is -2.74. The van der Waals surface area contributed by atoms with Crippen molar-refractivity contribution in [1.82, 2.24) is 25.3 Å². The number of esters is 1. The SMILES string of the molecule is CC[C@H]1OC(=O)[C@H](C)[C@@H](O[C@H]2C[C@@](C)(OC)[C@@H](O)[C@H](C)O2)[C@H](C)[C@@H](O[C@@H]2O[C@H](C)C[C@H](N(C)C)[C@H]2O)[C@](C)(O)C[C@@H](C)CN(CCCNC(=S)NCCCN(CC)CC)[C@H](C)[C@@H](O)[C@]1(C)O. The first-order valence-electron chi connectivity index (χ1n) is 24.8. The Hall–Kier alpha value is -1.36. The van der Waals surface area contributed by atoms with Crippen LogP contribution < -0.4 is 10.6 Å². The molecule has 388 valence electrons. The molecule has 0 aliphatic carbocycles. The van der Waals surface area contributed by atoms with Gasteiger partial charge in [0.25, 0.3) is 0 Å². The van der Waals surface area contributed by atoms with E-state index in [9.17, 15) is 30.3 Å². The van der Waals surface area contributed by atoms with E-state index in [2.05, 4.69) is 34.3 Å². The molecule has 17 nitrogen and oxygen atoms in total.